The Morgan fingerprint density at radius 2 is 1.52 bits per heavy atom. The Bertz CT molecular complexity index is 680. The van der Waals surface area contributed by atoms with E-state index >= 15 is 0 Å². The topological polar surface area (TPSA) is 0 Å². The van der Waals surface area contributed by atoms with Gasteiger partial charge in [0.2, 0.25) is 0 Å². The van der Waals surface area contributed by atoms with Gasteiger partial charge < -0.3 is 0 Å². The van der Waals surface area contributed by atoms with E-state index in [1.54, 1.807) is 0 Å². The first-order valence-corrected chi connectivity index (χ1v) is 10.5. The van der Waals surface area contributed by atoms with Crippen molar-refractivity contribution >= 4 is 23.3 Å². The van der Waals surface area contributed by atoms with Crippen molar-refractivity contribution < 1.29 is 0 Å². The Kier molecular flexibility index (Phi) is 5.36. The molecule has 0 radical (unpaired) electrons. The lowest BCUT2D eigenvalue weighted by Gasteiger charge is -2.35. The highest BCUT2D eigenvalue weighted by atomic mass is 31.2. The van der Waals surface area contributed by atoms with Gasteiger partial charge in [-0.2, -0.15) is 0 Å². The van der Waals surface area contributed by atoms with Crippen LogP contribution >= 0.6 is 6.89 Å². The normalized spacial score (nSPS) is 17.2. The Balaban J connectivity index is 2.26. The van der Waals surface area contributed by atoms with Gasteiger partial charge in [-0.15, -0.1) is 0 Å². The van der Waals surface area contributed by atoms with Crippen LogP contribution in [0.3, 0.4) is 0 Å². The predicted octanol–water partition coefficient (Wildman–Crippen LogP) is 5.14. The van der Waals surface area contributed by atoms with E-state index < -0.39 is 6.89 Å². The smallest absolute Gasteiger partial charge is 0.00792 e. The van der Waals surface area contributed by atoms with Crippen LogP contribution in [0.25, 0.3) is 0 Å². The first-order valence-electron chi connectivity index (χ1n) is 8.55. The van der Waals surface area contributed by atoms with Crippen molar-refractivity contribution in [1.82, 2.24) is 0 Å². The monoisotopic (exact) mass is 320 g/mol. The molecule has 0 N–H and O–H groups in total. The van der Waals surface area contributed by atoms with E-state index in [0.717, 1.165) is 6.42 Å². The minimum atomic E-state index is -1.56. The van der Waals surface area contributed by atoms with Gasteiger partial charge in [0.15, 0.2) is 0 Å². The maximum absolute atomic E-state index is 2.66. The van der Waals surface area contributed by atoms with E-state index in [2.05, 4.69) is 97.7 Å². The third kappa shape index (κ3) is 3.28. The number of allylic oxidation sites excluding steroid dienone is 4. The molecule has 0 bridgehead atoms. The molecule has 0 aromatic heterocycles. The van der Waals surface area contributed by atoms with Gasteiger partial charge in [-0.05, 0) is 30.3 Å². The van der Waals surface area contributed by atoms with Crippen LogP contribution in [0, 0.1) is 0 Å². The number of hydrogen-bond acceptors (Lipinski definition) is 0. The molecule has 1 atom stereocenters. The lowest BCUT2D eigenvalue weighted by Crippen LogP contribution is -2.27. The minimum Gasteiger partial charge on any atom is -0.0836 e. The van der Waals surface area contributed by atoms with Crippen LogP contribution in [0.1, 0.15) is 26.2 Å². The molecule has 0 nitrogen and oxygen atoms in total. The summed E-state index contributed by atoms with van der Waals surface area (Å²) in [6.07, 6.45) is 12.7. The van der Waals surface area contributed by atoms with E-state index in [-0.39, 0.29) is 0 Å². The van der Waals surface area contributed by atoms with Gasteiger partial charge in [0.1, 0.15) is 0 Å². The molecule has 118 valence electrons. The number of rotatable bonds is 5. The van der Waals surface area contributed by atoms with Crippen LogP contribution in [0.5, 0.6) is 0 Å². The van der Waals surface area contributed by atoms with Crippen LogP contribution in [-0.2, 0) is 0 Å². The molecule has 1 aliphatic rings. The standard InChI is InChI=1S/C22H25P/c1-2-3-19-23(20-13-7-4-8-14-20,21-15-9-5-10-16-21)22-17-11-6-12-18-22/h4-17,19,22H,2-3,18H2,1H3. The van der Waals surface area contributed by atoms with Crippen LogP contribution in [0.2, 0.25) is 0 Å². The minimum absolute atomic E-state index is 0.573. The van der Waals surface area contributed by atoms with Gasteiger partial charge in [-0.3, -0.25) is 0 Å². The molecule has 0 fully saturated rings. The molecule has 0 aliphatic heterocycles. The molecule has 0 saturated heterocycles. The van der Waals surface area contributed by atoms with Gasteiger partial charge >= 0.3 is 0 Å². The zero-order valence-electron chi connectivity index (χ0n) is 13.8. The van der Waals surface area contributed by atoms with Crippen molar-refractivity contribution in [2.75, 3.05) is 0 Å². The second-order valence-electron chi connectivity index (χ2n) is 6.04. The van der Waals surface area contributed by atoms with E-state index in [0.29, 0.717) is 5.66 Å². The summed E-state index contributed by atoms with van der Waals surface area (Å²) in [4.78, 5) is 0. The molecule has 2 aromatic carbocycles. The van der Waals surface area contributed by atoms with E-state index in [1.807, 2.05) is 0 Å². The first kappa shape index (κ1) is 16.1. The highest BCUT2D eigenvalue weighted by Gasteiger charge is 2.29. The molecule has 0 saturated carbocycles. The second-order valence-corrected chi connectivity index (χ2v) is 9.65. The Morgan fingerprint density at radius 3 is 2.00 bits per heavy atom. The van der Waals surface area contributed by atoms with Gasteiger partial charge in [0, 0.05) is 5.66 Å². The number of unbranched alkanes of at least 4 members (excludes halogenated alkanes) is 1. The number of benzene rings is 2. The molecule has 1 unspecified atom stereocenters. The maximum atomic E-state index is 2.66. The van der Waals surface area contributed by atoms with Gasteiger partial charge in [0.25, 0.3) is 0 Å². The third-order valence-corrected chi connectivity index (χ3v) is 9.12. The van der Waals surface area contributed by atoms with Crippen molar-refractivity contribution in [3.8, 4) is 0 Å². The largest absolute Gasteiger partial charge is 0.0836 e. The van der Waals surface area contributed by atoms with Crippen molar-refractivity contribution in [1.29, 1.82) is 0 Å². The van der Waals surface area contributed by atoms with Crippen molar-refractivity contribution in [2.45, 2.75) is 31.8 Å². The van der Waals surface area contributed by atoms with Gasteiger partial charge in [-0.1, -0.05) is 104 Å². The van der Waals surface area contributed by atoms with E-state index in [1.165, 1.54) is 23.5 Å². The van der Waals surface area contributed by atoms with Crippen molar-refractivity contribution in [2.24, 2.45) is 0 Å². The zero-order valence-corrected chi connectivity index (χ0v) is 14.7. The Hall–Kier alpha value is -1.78. The van der Waals surface area contributed by atoms with Crippen LogP contribution in [0.15, 0.2) is 85.0 Å². The summed E-state index contributed by atoms with van der Waals surface area (Å²) in [6.45, 7) is 0.720. The molecule has 1 heteroatoms. The van der Waals surface area contributed by atoms with Crippen LogP contribution in [0.4, 0.5) is 0 Å². The zero-order chi connectivity index (χ0) is 16.0. The summed E-state index contributed by atoms with van der Waals surface area (Å²) in [7, 11) is 0. The molecule has 3 rings (SSSR count). The summed E-state index contributed by atoms with van der Waals surface area (Å²) in [6, 6.07) is 22.3. The average molecular weight is 320 g/mol. The predicted molar refractivity (Wildman–Crippen MR) is 107 cm³/mol. The fourth-order valence-electron chi connectivity index (χ4n) is 3.43. The summed E-state index contributed by atoms with van der Waals surface area (Å²) < 4.78 is 0. The van der Waals surface area contributed by atoms with Crippen molar-refractivity contribution in [3.05, 3.63) is 85.0 Å². The lowest BCUT2D eigenvalue weighted by atomic mass is 10.2. The summed E-state index contributed by atoms with van der Waals surface area (Å²) >= 11 is 0. The van der Waals surface area contributed by atoms with Crippen LogP contribution in [-0.4, -0.2) is 11.5 Å². The fraction of sp³-hybridized carbons (Fsp3) is 0.227. The first-order chi connectivity index (χ1) is 11.4. The molecule has 1 aliphatic carbocycles. The highest BCUT2D eigenvalue weighted by Crippen LogP contribution is 2.52. The Morgan fingerprint density at radius 1 is 0.913 bits per heavy atom. The van der Waals surface area contributed by atoms with Gasteiger partial charge in [-0.25, -0.2) is 0 Å². The third-order valence-electron chi connectivity index (χ3n) is 4.55. The SMILES string of the molecule is CCCC=P(c1ccccc1)(c1ccccc1)C1C=CC=CC1. The summed E-state index contributed by atoms with van der Waals surface area (Å²) in [5, 5.41) is 3.01. The second kappa shape index (κ2) is 7.66. The van der Waals surface area contributed by atoms with Crippen LogP contribution < -0.4 is 10.6 Å². The summed E-state index contributed by atoms with van der Waals surface area (Å²) in [5.41, 5.74) is 0.573. The number of hydrogen-bond donors (Lipinski definition) is 0. The Labute approximate surface area is 140 Å². The molecule has 0 heterocycles. The van der Waals surface area contributed by atoms with Crippen molar-refractivity contribution in [3.63, 3.8) is 0 Å². The quantitative estimate of drug-likeness (QED) is 0.669. The van der Waals surface area contributed by atoms with Gasteiger partial charge in [0.05, 0.1) is 0 Å². The van der Waals surface area contributed by atoms with E-state index in [9.17, 15) is 0 Å². The molecule has 0 amide bonds. The fourth-order valence-corrected chi connectivity index (χ4v) is 8.01. The maximum Gasteiger partial charge on any atom is 0.00792 e. The van der Waals surface area contributed by atoms with E-state index in [4.69, 9.17) is 0 Å². The molecule has 23 heavy (non-hydrogen) atoms. The molecule has 2 aromatic rings. The molecular weight excluding hydrogens is 295 g/mol. The highest BCUT2D eigenvalue weighted by molar-refractivity contribution is 7.89. The molecule has 0 spiro atoms. The average Bonchev–Trinajstić information content (AvgIpc) is 2.65. The summed E-state index contributed by atoms with van der Waals surface area (Å²) in [5.74, 6) is 2.66. The molecular formula is C22H25P. The lowest BCUT2D eigenvalue weighted by molar-refractivity contribution is 1.01.